The van der Waals surface area contributed by atoms with E-state index >= 15 is 0 Å². The van der Waals surface area contributed by atoms with Crippen molar-refractivity contribution in [2.45, 2.75) is 30.6 Å². The zero-order valence-corrected chi connectivity index (χ0v) is 16.5. The molecular formula is C21H20N2O5S. The number of Topliss-reactive ketones (excluding diaryl/α,β-unsaturated/α-hetero) is 1. The molecule has 2 aromatic carbocycles. The lowest BCUT2D eigenvalue weighted by molar-refractivity contribution is 0.0474. The Morgan fingerprint density at radius 1 is 1.03 bits per heavy atom. The zero-order chi connectivity index (χ0) is 20.9. The number of hydrogen-bond donors (Lipinski definition) is 1. The highest BCUT2D eigenvalue weighted by molar-refractivity contribution is 7.89. The van der Waals surface area contributed by atoms with Crippen LogP contribution in [0.3, 0.4) is 0 Å². The zero-order valence-electron chi connectivity index (χ0n) is 15.7. The predicted molar refractivity (Wildman–Crippen MR) is 105 cm³/mol. The number of benzene rings is 2. The standard InChI is InChI=1S/C21H20N2O5S/c22-11-2-12-23-29(26,27)19-9-7-16(8-10-19)21(25)28-14-20(24)18-6-5-15-3-1-4-17(15)13-18/h5-10,13,23H,1-4,12,14H2. The van der Waals surface area contributed by atoms with E-state index in [0.717, 1.165) is 19.3 Å². The molecule has 0 atom stereocenters. The van der Waals surface area contributed by atoms with Crippen molar-refractivity contribution in [3.8, 4) is 6.07 Å². The van der Waals surface area contributed by atoms with Crippen molar-refractivity contribution >= 4 is 21.8 Å². The van der Waals surface area contributed by atoms with Gasteiger partial charge in [-0.25, -0.2) is 17.9 Å². The molecule has 0 radical (unpaired) electrons. The van der Waals surface area contributed by atoms with Gasteiger partial charge in [-0.3, -0.25) is 4.79 Å². The molecule has 0 saturated carbocycles. The van der Waals surface area contributed by atoms with E-state index < -0.39 is 16.0 Å². The third-order valence-electron chi connectivity index (χ3n) is 4.68. The lowest BCUT2D eigenvalue weighted by Crippen LogP contribution is -2.24. The minimum Gasteiger partial charge on any atom is -0.454 e. The Morgan fingerprint density at radius 2 is 1.72 bits per heavy atom. The summed E-state index contributed by atoms with van der Waals surface area (Å²) < 4.78 is 31.5. The molecule has 150 valence electrons. The van der Waals surface area contributed by atoms with Crippen molar-refractivity contribution in [1.82, 2.24) is 4.72 Å². The molecule has 1 N–H and O–H groups in total. The van der Waals surface area contributed by atoms with Crippen LogP contribution in [-0.2, 0) is 27.6 Å². The van der Waals surface area contributed by atoms with Gasteiger partial charge in [-0.05, 0) is 60.7 Å². The summed E-state index contributed by atoms with van der Waals surface area (Å²) in [6, 6.07) is 12.6. The number of nitrogens with one attached hydrogen (secondary N) is 1. The maximum Gasteiger partial charge on any atom is 0.338 e. The molecule has 0 amide bonds. The number of aryl methyl sites for hydroxylation is 2. The van der Waals surface area contributed by atoms with Crippen LogP contribution in [0.5, 0.6) is 0 Å². The van der Waals surface area contributed by atoms with E-state index in [-0.39, 0.29) is 35.8 Å². The van der Waals surface area contributed by atoms with E-state index in [1.165, 1.54) is 35.4 Å². The molecule has 0 heterocycles. The molecule has 0 unspecified atom stereocenters. The first kappa shape index (κ1) is 20.7. The van der Waals surface area contributed by atoms with E-state index in [0.29, 0.717) is 5.56 Å². The number of nitriles is 1. The number of ether oxygens (including phenoxy) is 1. The molecule has 8 heteroatoms. The Balaban J connectivity index is 1.58. The van der Waals surface area contributed by atoms with Gasteiger partial charge in [0.1, 0.15) is 0 Å². The van der Waals surface area contributed by atoms with Gasteiger partial charge in [-0.1, -0.05) is 12.1 Å². The number of carbonyl (C=O) groups excluding carboxylic acids is 2. The van der Waals surface area contributed by atoms with Crippen LogP contribution in [0.25, 0.3) is 0 Å². The van der Waals surface area contributed by atoms with Gasteiger partial charge in [0.05, 0.1) is 16.5 Å². The minimum atomic E-state index is -3.75. The third kappa shape index (κ3) is 5.08. The summed E-state index contributed by atoms with van der Waals surface area (Å²) in [5, 5.41) is 8.47. The van der Waals surface area contributed by atoms with Crippen LogP contribution >= 0.6 is 0 Å². The lowest BCUT2D eigenvalue weighted by atomic mass is 10.0. The van der Waals surface area contributed by atoms with Crippen LogP contribution in [0.2, 0.25) is 0 Å². The van der Waals surface area contributed by atoms with Crippen molar-refractivity contribution in [2.24, 2.45) is 0 Å². The van der Waals surface area contributed by atoms with Gasteiger partial charge in [-0.15, -0.1) is 0 Å². The minimum absolute atomic E-state index is 0.00737. The highest BCUT2D eigenvalue weighted by atomic mass is 32.2. The second-order valence-corrected chi connectivity index (χ2v) is 8.43. The molecule has 1 aliphatic rings. The fourth-order valence-electron chi connectivity index (χ4n) is 3.14. The largest absolute Gasteiger partial charge is 0.454 e. The number of hydrogen-bond acceptors (Lipinski definition) is 6. The van der Waals surface area contributed by atoms with Gasteiger partial charge in [-0.2, -0.15) is 5.26 Å². The summed E-state index contributed by atoms with van der Waals surface area (Å²) in [6.45, 7) is -0.374. The van der Waals surface area contributed by atoms with Crippen LogP contribution in [0.4, 0.5) is 0 Å². The Hall–Kier alpha value is -3.02. The van der Waals surface area contributed by atoms with E-state index in [9.17, 15) is 18.0 Å². The number of sulfonamides is 1. The van der Waals surface area contributed by atoms with E-state index in [1.807, 2.05) is 18.2 Å². The smallest absolute Gasteiger partial charge is 0.338 e. The number of fused-ring (bicyclic) bond motifs is 1. The maximum absolute atomic E-state index is 12.3. The van der Waals surface area contributed by atoms with Crippen molar-refractivity contribution in [2.75, 3.05) is 13.2 Å². The van der Waals surface area contributed by atoms with Crippen molar-refractivity contribution in [1.29, 1.82) is 5.26 Å². The summed E-state index contributed by atoms with van der Waals surface area (Å²) in [5.74, 6) is -0.991. The Bertz CT molecular complexity index is 1070. The molecule has 0 saturated heterocycles. The first-order valence-corrected chi connectivity index (χ1v) is 10.7. The number of ketones is 1. The molecule has 7 nitrogen and oxygen atoms in total. The Kier molecular flexibility index (Phi) is 6.42. The van der Waals surface area contributed by atoms with Crippen LogP contribution in [0.15, 0.2) is 47.4 Å². The molecule has 3 rings (SSSR count). The van der Waals surface area contributed by atoms with E-state index in [4.69, 9.17) is 10.00 Å². The van der Waals surface area contributed by atoms with Crippen LogP contribution < -0.4 is 4.72 Å². The average Bonchev–Trinajstić information content (AvgIpc) is 3.20. The summed E-state index contributed by atoms with van der Waals surface area (Å²) in [4.78, 5) is 24.4. The molecule has 0 spiro atoms. The molecule has 0 aliphatic heterocycles. The normalized spacial score (nSPS) is 12.8. The van der Waals surface area contributed by atoms with E-state index in [1.54, 1.807) is 6.07 Å². The van der Waals surface area contributed by atoms with Gasteiger partial charge in [0.15, 0.2) is 12.4 Å². The predicted octanol–water partition coefficient (Wildman–Crippen LogP) is 2.41. The van der Waals surface area contributed by atoms with Crippen molar-refractivity contribution in [3.63, 3.8) is 0 Å². The second kappa shape index (κ2) is 8.99. The van der Waals surface area contributed by atoms with Crippen molar-refractivity contribution in [3.05, 3.63) is 64.7 Å². The fraction of sp³-hybridized carbons (Fsp3) is 0.286. The first-order chi connectivity index (χ1) is 13.9. The monoisotopic (exact) mass is 412 g/mol. The lowest BCUT2D eigenvalue weighted by Gasteiger charge is -2.08. The number of nitrogens with zero attached hydrogens (tertiary/aromatic N) is 1. The highest BCUT2D eigenvalue weighted by Gasteiger charge is 2.17. The Morgan fingerprint density at radius 3 is 2.45 bits per heavy atom. The number of esters is 1. The van der Waals surface area contributed by atoms with Gasteiger partial charge >= 0.3 is 5.97 Å². The van der Waals surface area contributed by atoms with Gasteiger partial charge in [0, 0.05) is 18.5 Å². The third-order valence-corrected chi connectivity index (χ3v) is 6.16. The van der Waals surface area contributed by atoms with Crippen LogP contribution in [0, 0.1) is 11.3 Å². The topological polar surface area (TPSA) is 113 Å². The van der Waals surface area contributed by atoms with Gasteiger partial charge in [0.2, 0.25) is 10.0 Å². The maximum atomic E-state index is 12.3. The molecule has 1 aliphatic carbocycles. The molecule has 0 fully saturated rings. The molecule has 0 aromatic heterocycles. The summed E-state index contributed by atoms with van der Waals surface area (Å²) in [6.07, 6.45) is 3.12. The van der Waals surface area contributed by atoms with Gasteiger partial charge in [0.25, 0.3) is 0 Å². The molecule has 2 aromatic rings. The van der Waals surface area contributed by atoms with Crippen LogP contribution in [-0.4, -0.2) is 33.3 Å². The quantitative estimate of drug-likeness (QED) is 0.405. The van der Waals surface area contributed by atoms with Gasteiger partial charge < -0.3 is 4.74 Å². The van der Waals surface area contributed by atoms with E-state index in [2.05, 4.69) is 4.72 Å². The number of carbonyl (C=O) groups is 2. The molecule has 29 heavy (non-hydrogen) atoms. The van der Waals surface area contributed by atoms with Crippen molar-refractivity contribution < 1.29 is 22.7 Å². The second-order valence-electron chi connectivity index (χ2n) is 6.67. The van der Waals surface area contributed by atoms with Crippen LogP contribution in [0.1, 0.15) is 44.7 Å². The average molecular weight is 412 g/mol. The Labute approximate surface area is 169 Å². The highest BCUT2D eigenvalue weighted by Crippen LogP contribution is 2.23. The fourth-order valence-corrected chi connectivity index (χ4v) is 4.17. The molecule has 0 bridgehead atoms. The summed E-state index contributed by atoms with van der Waals surface area (Å²) >= 11 is 0. The summed E-state index contributed by atoms with van der Waals surface area (Å²) in [7, 11) is -3.75. The number of rotatable bonds is 8. The first-order valence-electron chi connectivity index (χ1n) is 9.19. The SMILES string of the molecule is N#CCCNS(=O)(=O)c1ccc(C(=O)OCC(=O)c2ccc3c(c2)CCC3)cc1. The molecular weight excluding hydrogens is 392 g/mol. The summed E-state index contributed by atoms with van der Waals surface area (Å²) in [5.41, 5.74) is 3.09.